The summed E-state index contributed by atoms with van der Waals surface area (Å²) < 4.78 is 0. The Hall–Kier alpha value is -0.272. The van der Waals surface area contributed by atoms with Gasteiger partial charge in [-0.25, -0.2) is 0 Å². The molecule has 0 unspecified atom stereocenters. The molecule has 1 aliphatic heterocycles. The van der Waals surface area contributed by atoms with Crippen LogP contribution in [-0.2, 0) is 27.6 Å². The minimum atomic E-state index is -0.103. The number of nitrogens with zero attached hydrogens (tertiary/aromatic N) is 1. The van der Waals surface area contributed by atoms with Crippen LogP contribution >= 0.6 is 12.6 Å². The van der Waals surface area contributed by atoms with Gasteiger partial charge in [-0.05, 0) is 12.1 Å². The molecule has 0 radical (unpaired) electrons. The average Bonchev–Trinajstić information content (AvgIpc) is 2.51. The van der Waals surface area contributed by atoms with E-state index in [0.29, 0.717) is 6.54 Å². The van der Waals surface area contributed by atoms with E-state index in [-0.39, 0.29) is 27.0 Å². The molecule has 0 N–H and O–H groups in total. The van der Waals surface area contributed by atoms with Crippen LogP contribution in [0.25, 0.3) is 5.32 Å². The maximum absolute atomic E-state index is 11.0. The van der Waals surface area contributed by atoms with Crippen LogP contribution in [0.15, 0.2) is 23.1 Å². The fraction of sp³-hybridized carbons (Fsp3) is 0.300. The molecule has 0 saturated carbocycles. The first-order valence-electron chi connectivity index (χ1n) is 4.31. The summed E-state index contributed by atoms with van der Waals surface area (Å²) in [6, 6.07) is 5.46. The van der Waals surface area contributed by atoms with Gasteiger partial charge in [0.2, 0.25) is 0 Å². The van der Waals surface area contributed by atoms with Crippen molar-refractivity contribution < 1.29 is 25.9 Å². The van der Waals surface area contributed by atoms with Crippen LogP contribution in [-0.4, -0.2) is 5.91 Å². The minimum Gasteiger partial charge on any atom is -0.645 e. The molecule has 1 aromatic rings. The SMILES string of the molecule is CC.O=C1[N-]Cc2cc(S)ccc21.[W]. The summed E-state index contributed by atoms with van der Waals surface area (Å²) in [7, 11) is 0. The number of hydrogen-bond acceptors (Lipinski definition) is 2. The molecule has 2 nitrogen and oxygen atoms in total. The summed E-state index contributed by atoms with van der Waals surface area (Å²) in [6.45, 7) is 4.52. The number of amides is 1. The van der Waals surface area contributed by atoms with E-state index in [1.54, 1.807) is 12.1 Å². The summed E-state index contributed by atoms with van der Waals surface area (Å²) in [5, 5.41) is 3.77. The molecule has 2 rings (SSSR count). The molecule has 0 aromatic heterocycles. The van der Waals surface area contributed by atoms with E-state index in [2.05, 4.69) is 17.9 Å². The maximum atomic E-state index is 11.0. The zero-order valence-electron chi connectivity index (χ0n) is 8.15. The Morgan fingerprint density at radius 2 is 2.00 bits per heavy atom. The Labute approximate surface area is 104 Å². The first kappa shape index (κ1) is 13.7. The van der Waals surface area contributed by atoms with Crippen molar-refractivity contribution in [2.45, 2.75) is 25.3 Å². The fourth-order valence-electron chi connectivity index (χ4n) is 1.16. The third kappa shape index (κ3) is 2.86. The summed E-state index contributed by atoms with van der Waals surface area (Å²) in [6.07, 6.45) is 0. The fourth-order valence-corrected chi connectivity index (χ4v) is 1.39. The molecule has 1 amide bonds. The van der Waals surface area contributed by atoms with Gasteiger partial charge in [-0.3, -0.25) is 0 Å². The third-order valence-corrected chi connectivity index (χ3v) is 1.99. The normalized spacial score (nSPS) is 11.8. The summed E-state index contributed by atoms with van der Waals surface area (Å²) in [5.74, 6) is -0.103. The van der Waals surface area contributed by atoms with Gasteiger partial charge in [-0.1, -0.05) is 25.5 Å². The number of carbonyl (C=O) groups excluding carboxylic acids is 1. The number of fused-ring (bicyclic) bond motifs is 1. The van der Waals surface area contributed by atoms with Gasteiger partial charge in [0.25, 0.3) is 0 Å². The van der Waals surface area contributed by atoms with Gasteiger partial charge in [0.15, 0.2) is 0 Å². The van der Waals surface area contributed by atoms with E-state index in [1.807, 2.05) is 19.9 Å². The van der Waals surface area contributed by atoms with Crippen molar-refractivity contribution in [2.75, 3.05) is 0 Å². The molecule has 0 fully saturated rings. The maximum Gasteiger partial charge on any atom is 0.0824 e. The molecule has 4 heteroatoms. The van der Waals surface area contributed by atoms with Gasteiger partial charge in [0.05, 0.1) is 5.91 Å². The molecular weight excluding hydrogens is 366 g/mol. The molecule has 0 aliphatic carbocycles. The second-order valence-electron chi connectivity index (χ2n) is 2.46. The van der Waals surface area contributed by atoms with Crippen LogP contribution in [0.3, 0.4) is 0 Å². The predicted octanol–water partition coefficient (Wildman–Crippen LogP) is 3.03. The summed E-state index contributed by atoms with van der Waals surface area (Å²) in [4.78, 5) is 11.9. The molecule has 0 bridgehead atoms. The van der Waals surface area contributed by atoms with Gasteiger partial charge in [0, 0.05) is 31.5 Å². The monoisotopic (exact) mass is 378 g/mol. The molecule has 0 atom stereocenters. The zero-order valence-corrected chi connectivity index (χ0v) is 12.0. The van der Waals surface area contributed by atoms with Crippen molar-refractivity contribution in [3.05, 3.63) is 34.6 Å². The number of benzene rings is 1. The van der Waals surface area contributed by atoms with Gasteiger partial charge >= 0.3 is 0 Å². The summed E-state index contributed by atoms with van der Waals surface area (Å²) >= 11 is 4.16. The van der Waals surface area contributed by atoms with Crippen LogP contribution in [0, 0.1) is 0 Å². The number of rotatable bonds is 0. The van der Waals surface area contributed by atoms with Gasteiger partial charge < -0.3 is 10.1 Å². The smallest absolute Gasteiger partial charge is 0.0824 e. The Morgan fingerprint density at radius 3 is 2.64 bits per heavy atom. The first-order valence-corrected chi connectivity index (χ1v) is 4.76. The Balaban J connectivity index is 0.000000531. The standard InChI is InChI=1S/C8H7NOS.C2H6.W/c10-8-7-2-1-6(11)3-5(7)4-9-8;1-2;/h1-3H,4H2,(H2,9,10,11);1-2H3;/p-1. The number of hydrogen-bond donors (Lipinski definition) is 1. The van der Waals surface area contributed by atoms with E-state index < -0.39 is 0 Å². The van der Waals surface area contributed by atoms with Crippen molar-refractivity contribution in [1.82, 2.24) is 0 Å². The largest absolute Gasteiger partial charge is 0.645 e. The van der Waals surface area contributed by atoms with E-state index in [0.717, 1.165) is 16.0 Å². The first-order chi connectivity index (χ1) is 6.27. The van der Waals surface area contributed by atoms with Crippen LogP contribution in [0.4, 0.5) is 0 Å². The van der Waals surface area contributed by atoms with Gasteiger partial charge in [-0.2, -0.15) is 0 Å². The van der Waals surface area contributed by atoms with Crippen molar-refractivity contribution >= 4 is 18.5 Å². The second-order valence-corrected chi connectivity index (χ2v) is 2.98. The van der Waals surface area contributed by atoms with E-state index in [9.17, 15) is 4.79 Å². The topological polar surface area (TPSA) is 31.2 Å². The Bertz CT molecular complexity index is 328. The molecule has 76 valence electrons. The Morgan fingerprint density at radius 1 is 1.36 bits per heavy atom. The number of thiol groups is 1. The predicted molar refractivity (Wildman–Crippen MR) is 56.4 cm³/mol. The molecule has 1 heterocycles. The van der Waals surface area contributed by atoms with Crippen molar-refractivity contribution in [3.8, 4) is 0 Å². The van der Waals surface area contributed by atoms with Crippen LogP contribution in [0.2, 0.25) is 0 Å². The van der Waals surface area contributed by atoms with E-state index >= 15 is 0 Å². The molecule has 0 saturated heterocycles. The van der Waals surface area contributed by atoms with E-state index in [4.69, 9.17) is 0 Å². The van der Waals surface area contributed by atoms with Gasteiger partial charge in [0.1, 0.15) is 0 Å². The van der Waals surface area contributed by atoms with Crippen LogP contribution < -0.4 is 0 Å². The van der Waals surface area contributed by atoms with Crippen molar-refractivity contribution in [2.24, 2.45) is 0 Å². The van der Waals surface area contributed by atoms with Gasteiger partial charge in [-0.15, -0.1) is 19.2 Å². The molecule has 14 heavy (non-hydrogen) atoms. The van der Waals surface area contributed by atoms with Crippen molar-refractivity contribution in [3.63, 3.8) is 0 Å². The number of carbonyl (C=O) groups is 1. The third-order valence-electron chi connectivity index (χ3n) is 1.71. The molecule has 1 aromatic carbocycles. The van der Waals surface area contributed by atoms with Crippen molar-refractivity contribution in [1.29, 1.82) is 0 Å². The molecule has 0 spiro atoms. The molecular formula is C10H12NOSW-. The van der Waals surface area contributed by atoms with Crippen LogP contribution in [0.1, 0.15) is 29.8 Å². The second kappa shape index (κ2) is 6.26. The van der Waals surface area contributed by atoms with E-state index in [1.165, 1.54) is 0 Å². The minimum absolute atomic E-state index is 0. The molecule has 1 aliphatic rings. The average molecular weight is 378 g/mol. The zero-order chi connectivity index (χ0) is 9.84. The quantitative estimate of drug-likeness (QED) is 0.692. The van der Waals surface area contributed by atoms with Crippen LogP contribution in [0.5, 0.6) is 0 Å². The summed E-state index contributed by atoms with van der Waals surface area (Å²) in [5.41, 5.74) is 1.71. The Kier molecular flexibility index (Phi) is 6.14.